The Morgan fingerprint density at radius 1 is 0.667 bits per heavy atom. The van der Waals surface area contributed by atoms with Crippen LogP contribution in [0.15, 0.2) is 0 Å². The lowest BCUT2D eigenvalue weighted by molar-refractivity contribution is -0.0884. The van der Waals surface area contributed by atoms with Crippen molar-refractivity contribution in [2.45, 2.75) is 115 Å². The van der Waals surface area contributed by atoms with E-state index >= 15 is 0 Å². The van der Waals surface area contributed by atoms with Crippen LogP contribution >= 0.6 is 0 Å². The summed E-state index contributed by atoms with van der Waals surface area (Å²) in [5, 5.41) is 0. The van der Waals surface area contributed by atoms with E-state index in [-0.39, 0.29) is 0 Å². The Morgan fingerprint density at radius 3 is 1.13 bits per heavy atom. The number of hydrogen-bond donors (Lipinski definition) is 0. The van der Waals surface area contributed by atoms with E-state index < -0.39 is 8.32 Å². The van der Waals surface area contributed by atoms with Gasteiger partial charge in [0.05, 0.1) is 18.3 Å². The molecule has 3 saturated heterocycles. The van der Waals surface area contributed by atoms with Crippen molar-refractivity contribution in [2.24, 2.45) is 17.8 Å². The highest BCUT2D eigenvalue weighted by atomic mass is 28.4. The molecule has 0 spiro atoms. The summed E-state index contributed by atoms with van der Waals surface area (Å²) < 4.78 is 24.7. The minimum Gasteiger partial charge on any atom is -0.420 e. The maximum absolute atomic E-state index is 6.70. The number of rotatable bonds is 16. The van der Waals surface area contributed by atoms with Gasteiger partial charge in [-0.05, 0) is 74.4 Å². The molecular formula is C25H48O4Si. The minimum absolute atomic E-state index is 0.473. The summed E-state index contributed by atoms with van der Waals surface area (Å²) in [6.07, 6.45) is 12.7. The van der Waals surface area contributed by atoms with Crippen molar-refractivity contribution < 1.29 is 18.6 Å². The Hall–Kier alpha value is 0.0569. The van der Waals surface area contributed by atoms with E-state index in [1.807, 2.05) is 7.11 Å². The van der Waals surface area contributed by atoms with Gasteiger partial charge in [0.1, 0.15) is 0 Å². The lowest BCUT2D eigenvalue weighted by atomic mass is 9.93. The molecular weight excluding hydrogens is 392 g/mol. The van der Waals surface area contributed by atoms with Crippen LogP contribution in [-0.4, -0.2) is 53.6 Å². The van der Waals surface area contributed by atoms with E-state index in [0.717, 1.165) is 19.8 Å². The van der Waals surface area contributed by atoms with Crippen LogP contribution in [0.5, 0.6) is 0 Å². The van der Waals surface area contributed by atoms with Gasteiger partial charge in [0.2, 0.25) is 0 Å². The van der Waals surface area contributed by atoms with E-state index in [9.17, 15) is 0 Å². The maximum atomic E-state index is 6.70. The van der Waals surface area contributed by atoms with Crippen LogP contribution in [-0.2, 0) is 18.6 Å². The van der Waals surface area contributed by atoms with E-state index in [1.165, 1.54) is 75.9 Å². The summed E-state index contributed by atoms with van der Waals surface area (Å²) in [7, 11) is 0.0880. The maximum Gasteiger partial charge on any atom is 0.193 e. The van der Waals surface area contributed by atoms with Gasteiger partial charge in [-0.1, -0.05) is 40.0 Å². The summed E-state index contributed by atoms with van der Waals surface area (Å²) >= 11 is 0. The molecule has 3 aliphatic heterocycles. The van der Waals surface area contributed by atoms with Crippen molar-refractivity contribution in [3.05, 3.63) is 0 Å². The Bertz CT molecular complexity index is 411. The molecule has 30 heavy (non-hydrogen) atoms. The topological polar surface area (TPSA) is 36.9 Å². The van der Waals surface area contributed by atoms with Gasteiger partial charge in [0, 0.05) is 26.9 Å². The SMILES string of the molecule is CCCC(C[Si](CC(CCC)C1CCO1)(CC(CCC)C1CCO1)OC)C1CCO1. The normalized spacial score (nSPS) is 31.0. The zero-order valence-corrected chi connectivity index (χ0v) is 21.2. The van der Waals surface area contributed by atoms with E-state index in [4.69, 9.17) is 18.6 Å². The Morgan fingerprint density at radius 2 is 0.967 bits per heavy atom. The first-order valence-corrected chi connectivity index (χ1v) is 15.6. The second-order valence-electron chi connectivity index (χ2n) is 10.2. The zero-order chi connectivity index (χ0) is 21.4. The Kier molecular flexibility index (Phi) is 10.2. The van der Waals surface area contributed by atoms with Gasteiger partial charge in [0.25, 0.3) is 0 Å². The summed E-state index contributed by atoms with van der Waals surface area (Å²) in [4.78, 5) is 0. The van der Waals surface area contributed by atoms with Gasteiger partial charge in [-0.2, -0.15) is 0 Å². The lowest BCUT2D eigenvalue weighted by Crippen LogP contribution is -2.50. The first kappa shape index (κ1) is 24.7. The van der Waals surface area contributed by atoms with Gasteiger partial charge >= 0.3 is 0 Å². The first-order chi connectivity index (χ1) is 14.6. The largest absolute Gasteiger partial charge is 0.420 e. The average Bonchev–Trinajstić information content (AvgIpc) is 2.57. The van der Waals surface area contributed by atoms with Crippen molar-refractivity contribution in [3.8, 4) is 0 Å². The molecule has 0 radical (unpaired) electrons. The highest BCUT2D eigenvalue weighted by Crippen LogP contribution is 2.43. The van der Waals surface area contributed by atoms with E-state index in [1.54, 1.807) is 0 Å². The molecule has 0 aliphatic carbocycles. The van der Waals surface area contributed by atoms with E-state index in [0.29, 0.717) is 36.1 Å². The first-order valence-electron chi connectivity index (χ1n) is 13.0. The minimum atomic E-state index is -1.95. The molecule has 0 saturated carbocycles. The van der Waals surface area contributed by atoms with Crippen LogP contribution in [0.2, 0.25) is 18.1 Å². The van der Waals surface area contributed by atoms with Crippen LogP contribution in [0.3, 0.4) is 0 Å². The van der Waals surface area contributed by atoms with Crippen molar-refractivity contribution in [1.29, 1.82) is 0 Å². The van der Waals surface area contributed by atoms with Gasteiger partial charge in [0.15, 0.2) is 8.32 Å². The van der Waals surface area contributed by atoms with Gasteiger partial charge in [-0.3, -0.25) is 0 Å². The predicted octanol–water partition coefficient (Wildman–Crippen LogP) is 6.19. The highest BCUT2D eigenvalue weighted by molar-refractivity contribution is 6.74. The van der Waals surface area contributed by atoms with Gasteiger partial charge < -0.3 is 18.6 Å². The Balaban J connectivity index is 1.79. The smallest absolute Gasteiger partial charge is 0.193 e. The number of hydrogen-bond acceptors (Lipinski definition) is 4. The summed E-state index contributed by atoms with van der Waals surface area (Å²) in [6, 6.07) is 3.80. The third kappa shape index (κ3) is 6.31. The molecule has 3 aliphatic rings. The lowest BCUT2D eigenvalue weighted by Gasteiger charge is -2.46. The fourth-order valence-corrected chi connectivity index (χ4v) is 11.4. The second kappa shape index (κ2) is 12.3. The molecule has 0 amide bonds. The third-order valence-electron chi connectivity index (χ3n) is 8.09. The highest BCUT2D eigenvalue weighted by Gasteiger charge is 2.46. The van der Waals surface area contributed by atoms with Crippen molar-refractivity contribution in [3.63, 3.8) is 0 Å². The molecule has 0 aromatic rings. The van der Waals surface area contributed by atoms with E-state index in [2.05, 4.69) is 20.8 Å². The molecule has 3 rings (SSSR count). The molecule has 0 aromatic heterocycles. The van der Waals surface area contributed by atoms with Crippen molar-refractivity contribution in [2.75, 3.05) is 26.9 Å². The molecule has 3 heterocycles. The molecule has 176 valence electrons. The molecule has 6 unspecified atom stereocenters. The van der Waals surface area contributed by atoms with Crippen molar-refractivity contribution in [1.82, 2.24) is 0 Å². The Labute approximate surface area is 186 Å². The van der Waals surface area contributed by atoms with Crippen molar-refractivity contribution >= 4 is 8.32 Å². The van der Waals surface area contributed by atoms with Gasteiger partial charge in [-0.25, -0.2) is 0 Å². The van der Waals surface area contributed by atoms with Crippen LogP contribution in [0.1, 0.15) is 78.6 Å². The summed E-state index contributed by atoms with van der Waals surface area (Å²) in [5.41, 5.74) is 0. The monoisotopic (exact) mass is 440 g/mol. The summed E-state index contributed by atoms with van der Waals surface area (Å²) in [6.45, 7) is 9.84. The van der Waals surface area contributed by atoms with Crippen LogP contribution in [0, 0.1) is 17.8 Å². The molecule has 4 nitrogen and oxygen atoms in total. The number of ether oxygens (including phenoxy) is 3. The molecule has 0 aromatic carbocycles. The third-order valence-corrected chi connectivity index (χ3v) is 12.8. The summed E-state index contributed by atoms with van der Waals surface area (Å²) in [5.74, 6) is 2.01. The molecule has 0 bridgehead atoms. The molecule has 3 fully saturated rings. The zero-order valence-electron chi connectivity index (χ0n) is 20.2. The van der Waals surface area contributed by atoms with Crippen LogP contribution in [0.25, 0.3) is 0 Å². The fourth-order valence-electron chi connectivity index (χ4n) is 6.18. The van der Waals surface area contributed by atoms with Crippen LogP contribution < -0.4 is 0 Å². The van der Waals surface area contributed by atoms with Crippen LogP contribution in [0.4, 0.5) is 0 Å². The quantitative estimate of drug-likeness (QED) is 0.268. The predicted molar refractivity (Wildman–Crippen MR) is 125 cm³/mol. The second-order valence-corrected chi connectivity index (χ2v) is 14.2. The molecule has 0 N–H and O–H groups in total. The molecule has 6 atom stereocenters. The fraction of sp³-hybridized carbons (Fsp3) is 1.00. The molecule has 5 heteroatoms. The standard InChI is InChI=1S/C25H48O4Si/c1-5-8-20(23-11-14-27-23)17-30(26-4,18-21(9-6-2)24-12-15-28-24)19-22(10-7-3)25-13-16-29-25/h20-25H,5-19H2,1-4H3. The van der Waals surface area contributed by atoms with Gasteiger partial charge in [-0.15, -0.1) is 0 Å². The average molecular weight is 441 g/mol.